The maximum Gasteiger partial charge on any atom is 0.223 e. The minimum Gasteiger partial charge on any atom is -0.466 e. The van der Waals surface area contributed by atoms with E-state index in [1.165, 1.54) is 0 Å². The summed E-state index contributed by atoms with van der Waals surface area (Å²) in [4.78, 5) is 14.8. The molecule has 0 radical (unpaired) electrons. The zero-order chi connectivity index (χ0) is 21.6. The third-order valence-electron chi connectivity index (χ3n) is 6.56. The van der Waals surface area contributed by atoms with Crippen molar-refractivity contribution in [2.45, 2.75) is 58.4 Å². The molecule has 8 heteroatoms. The quantitative estimate of drug-likeness (QED) is 0.693. The standard InChI is InChI=1S/C23H35N5O3/c1-17(20-4-3-18(2)31-20)6-11-27-12-7-22-26-25-21(28(22)14-13-27)5-10-24-23(29)19-8-15-30-16-9-19/h3-4,17,19H,5-16H2,1-2H3,(H,24,29). The Kier molecular flexibility index (Phi) is 7.40. The van der Waals surface area contributed by atoms with E-state index in [0.717, 1.165) is 81.5 Å². The third kappa shape index (κ3) is 5.74. The zero-order valence-electron chi connectivity index (χ0n) is 18.8. The van der Waals surface area contributed by atoms with Crippen LogP contribution in [0.3, 0.4) is 0 Å². The summed E-state index contributed by atoms with van der Waals surface area (Å²) < 4.78 is 13.4. The van der Waals surface area contributed by atoms with Gasteiger partial charge in [-0.05, 0) is 44.9 Å². The molecule has 31 heavy (non-hydrogen) atoms. The first-order valence-electron chi connectivity index (χ1n) is 11.6. The number of rotatable bonds is 8. The van der Waals surface area contributed by atoms with Crippen molar-refractivity contribution in [2.24, 2.45) is 5.92 Å². The van der Waals surface area contributed by atoms with Gasteiger partial charge in [-0.15, -0.1) is 10.2 Å². The van der Waals surface area contributed by atoms with E-state index in [1.54, 1.807) is 0 Å². The van der Waals surface area contributed by atoms with Crippen molar-refractivity contribution in [1.29, 1.82) is 0 Å². The number of carbonyl (C=O) groups excluding carboxylic acids is 1. The van der Waals surface area contributed by atoms with Crippen molar-refractivity contribution in [3.05, 3.63) is 35.3 Å². The van der Waals surface area contributed by atoms with Crippen LogP contribution in [0.1, 0.15) is 55.3 Å². The predicted molar refractivity (Wildman–Crippen MR) is 117 cm³/mol. The third-order valence-corrected chi connectivity index (χ3v) is 6.56. The van der Waals surface area contributed by atoms with Crippen LogP contribution in [0.15, 0.2) is 16.5 Å². The lowest BCUT2D eigenvalue weighted by molar-refractivity contribution is -0.127. The van der Waals surface area contributed by atoms with Gasteiger partial charge >= 0.3 is 0 Å². The number of hydrogen-bond donors (Lipinski definition) is 1. The van der Waals surface area contributed by atoms with Crippen LogP contribution >= 0.6 is 0 Å². The molecule has 1 fully saturated rings. The molecule has 1 N–H and O–H groups in total. The molecule has 4 rings (SSSR count). The highest BCUT2D eigenvalue weighted by Crippen LogP contribution is 2.22. The average Bonchev–Trinajstić information content (AvgIpc) is 3.33. The summed E-state index contributed by atoms with van der Waals surface area (Å²) in [5, 5.41) is 11.9. The number of aromatic nitrogens is 3. The minimum absolute atomic E-state index is 0.0882. The highest BCUT2D eigenvalue weighted by molar-refractivity contribution is 5.78. The summed E-state index contributed by atoms with van der Waals surface area (Å²) in [6.45, 7) is 10.2. The number of carbonyl (C=O) groups is 1. The van der Waals surface area contributed by atoms with Crippen LogP contribution in [0.25, 0.3) is 0 Å². The maximum atomic E-state index is 12.3. The Morgan fingerprint density at radius 3 is 2.84 bits per heavy atom. The lowest BCUT2D eigenvalue weighted by Crippen LogP contribution is -2.35. The van der Waals surface area contributed by atoms with E-state index in [-0.39, 0.29) is 11.8 Å². The smallest absolute Gasteiger partial charge is 0.223 e. The number of hydrogen-bond acceptors (Lipinski definition) is 6. The summed E-state index contributed by atoms with van der Waals surface area (Å²) in [7, 11) is 0. The highest BCUT2D eigenvalue weighted by atomic mass is 16.5. The fraction of sp³-hybridized carbons (Fsp3) is 0.696. The zero-order valence-corrected chi connectivity index (χ0v) is 18.8. The summed E-state index contributed by atoms with van der Waals surface area (Å²) in [5.41, 5.74) is 0. The Labute approximate surface area is 184 Å². The molecule has 8 nitrogen and oxygen atoms in total. The molecule has 1 atom stereocenters. The van der Waals surface area contributed by atoms with E-state index in [9.17, 15) is 4.79 Å². The van der Waals surface area contributed by atoms with Crippen LogP contribution in [0.4, 0.5) is 0 Å². The van der Waals surface area contributed by atoms with Crippen LogP contribution in [0.2, 0.25) is 0 Å². The van der Waals surface area contributed by atoms with Crippen LogP contribution < -0.4 is 5.32 Å². The first kappa shape index (κ1) is 22.0. The van der Waals surface area contributed by atoms with Gasteiger partial charge in [0.15, 0.2) is 0 Å². The topological polar surface area (TPSA) is 85.4 Å². The van der Waals surface area contributed by atoms with E-state index >= 15 is 0 Å². The fourth-order valence-electron chi connectivity index (χ4n) is 4.47. The van der Waals surface area contributed by atoms with Crippen molar-refractivity contribution >= 4 is 5.91 Å². The average molecular weight is 430 g/mol. The van der Waals surface area contributed by atoms with E-state index in [0.29, 0.717) is 25.7 Å². The van der Waals surface area contributed by atoms with Gasteiger partial charge in [-0.2, -0.15) is 0 Å². The SMILES string of the molecule is Cc1ccc(C(C)CCN2CCc3nnc(CCNC(=O)C4CCOCC4)n3CC2)o1. The second-order valence-electron chi connectivity index (χ2n) is 8.84. The van der Waals surface area contributed by atoms with Crippen molar-refractivity contribution < 1.29 is 13.9 Å². The molecule has 0 aromatic carbocycles. The highest BCUT2D eigenvalue weighted by Gasteiger charge is 2.22. The Morgan fingerprint density at radius 1 is 1.23 bits per heavy atom. The summed E-state index contributed by atoms with van der Waals surface area (Å²) in [5.74, 6) is 4.74. The Morgan fingerprint density at radius 2 is 2.06 bits per heavy atom. The summed E-state index contributed by atoms with van der Waals surface area (Å²) >= 11 is 0. The molecule has 1 amide bonds. The van der Waals surface area contributed by atoms with Crippen LogP contribution in [-0.2, 0) is 28.9 Å². The van der Waals surface area contributed by atoms with E-state index in [2.05, 4.69) is 38.0 Å². The first-order valence-corrected chi connectivity index (χ1v) is 11.6. The molecule has 2 aliphatic heterocycles. The number of ether oxygens (including phenoxy) is 1. The molecule has 170 valence electrons. The lowest BCUT2D eigenvalue weighted by Gasteiger charge is -2.21. The normalized spacial score (nSPS) is 19.0. The van der Waals surface area contributed by atoms with Crippen LogP contribution in [0.5, 0.6) is 0 Å². The number of furan rings is 1. The van der Waals surface area contributed by atoms with Crippen molar-refractivity contribution in [3.63, 3.8) is 0 Å². The molecule has 0 spiro atoms. The molecular weight excluding hydrogens is 394 g/mol. The number of nitrogens with zero attached hydrogens (tertiary/aromatic N) is 4. The van der Waals surface area contributed by atoms with E-state index in [4.69, 9.17) is 9.15 Å². The van der Waals surface area contributed by atoms with Gasteiger partial charge in [-0.3, -0.25) is 4.79 Å². The van der Waals surface area contributed by atoms with Gasteiger partial charge < -0.3 is 23.9 Å². The predicted octanol–water partition coefficient (Wildman–Crippen LogP) is 2.32. The van der Waals surface area contributed by atoms with E-state index in [1.807, 2.05) is 13.0 Å². The van der Waals surface area contributed by atoms with E-state index < -0.39 is 0 Å². The van der Waals surface area contributed by atoms with Crippen molar-refractivity contribution in [3.8, 4) is 0 Å². The Hall–Kier alpha value is -2.19. The maximum absolute atomic E-state index is 12.3. The molecule has 2 aromatic rings. The minimum atomic E-state index is 0.0882. The van der Waals surface area contributed by atoms with Crippen LogP contribution in [0, 0.1) is 12.8 Å². The largest absolute Gasteiger partial charge is 0.466 e. The molecule has 0 bridgehead atoms. The molecular formula is C23H35N5O3. The second-order valence-corrected chi connectivity index (χ2v) is 8.84. The summed E-state index contributed by atoms with van der Waals surface area (Å²) in [6.07, 6.45) is 4.35. The monoisotopic (exact) mass is 429 g/mol. The molecule has 1 saturated heterocycles. The fourth-order valence-corrected chi connectivity index (χ4v) is 4.47. The van der Waals surface area contributed by atoms with Gasteiger partial charge in [0.05, 0.1) is 0 Å². The van der Waals surface area contributed by atoms with Gasteiger partial charge in [0, 0.05) is 64.1 Å². The van der Waals surface area contributed by atoms with Crippen LogP contribution in [-0.4, -0.2) is 65.0 Å². The first-order chi connectivity index (χ1) is 15.1. The number of amides is 1. The lowest BCUT2D eigenvalue weighted by atomic mass is 9.99. The van der Waals surface area contributed by atoms with Gasteiger partial charge in [-0.25, -0.2) is 0 Å². The van der Waals surface area contributed by atoms with Gasteiger partial charge in [0.2, 0.25) is 5.91 Å². The number of nitrogens with one attached hydrogen (secondary N) is 1. The van der Waals surface area contributed by atoms with Gasteiger partial charge in [0.25, 0.3) is 0 Å². The molecule has 1 unspecified atom stereocenters. The van der Waals surface area contributed by atoms with Gasteiger partial charge in [-0.1, -0.05) is 6.92 Å². The molecule has 2 aromatic heterocycles. The Bertz CT molecular complexity index is 855. The van der Waals surface area contributed by atoms with Gasteiger partial charge in [0.1, 0.15) is 23.2 Å². The Balaban J connectivity index is 1.23. The molecule has 0 aliphatic carbocycles. The number of fused-ring (bicyclic) bond motifs is 1. The van der Waals surface area contributed by atoms with Crippen molar-refractivity contribution in [2.75, 3.05) is 39.4 Å². The molecule has 0 saturated carbocycles. The second kappa shape index (κ2) is 10.4. The molecule has 4 heterocycles. The number of aryl methyl sites for hydroxylation is 1. The molecule has 2 aliphatic rings. The summed E-state index contributed by atoms with van der Waals surface area (Å²) in [6, 6.07) is 4.13. The van der Waals surface area contributed by atoms with Crippen molar-refractivity contribution in [1.82, 2.24) is 25.0 Å².